The molecule has 0 radical (unpaired) electrons. The second-order valence-electron chi connectivity index (χ2n) is 6.13. The zero-order valence-corrected chi connectivity index (χ0v) is 16.1. The first-order valence-electron chi connectivity index (χ1n) is 8.48. The minimum absolute atomic E-state index is 0.461. The molecule has 7 nitrogen and oxygen atoms in total. The SMILES string of the molecule is COc1ccc2nc(-c3cccnc3)nc(Nc3scc(C)c3C(N)=O)c2c1. The largest absolute Gasteiger partial charge is 0.497 e. The van der Waals surface area contributed by atoms with Gasteiger partial charge < -0.3 is 15.8 Å². The maximum atomic E-state index is 11.9. The molecule has 1 amide bonds. The molecule has 140 valence electrons. The first-order chi connectivity index (χ1) is 13.6. The molecule has 4 aromatic rings. The molecule has 0 aliphatic carbocycles. The number of pyridine rings is 1. The standard InChI is InChI=1S/C20H17N5O2S/c1-11-10-28-20(16(11)17(21)26)25-19-14-8-13(27-2)5-6-15(14)23-18(24-19)12-4-3-7-22-9-12/h3-10H,1-2H3,(H2,21,26)(H,23,24,25). The third-order valence-electron chi connectivity index (χ3n) is 4.28. The van der Waals surface area contributed by atoms with E-state index in [4.69, 9.17) is 10.5 Å². The van der Waals surface area contributed by atoms with Gasteiger partial charge in [-0.3, -0.25) is 9.78 Å². The van der Waals surface area contributed by atoms with Crippen molar-refractivity contribution in [1.82, 2.24) is 15.0 Å². The summed E-state index contributed by atoms with van der Waals surface area (Å²) in [6.07, 6.45) is 3.40. The average Bonchev–Trinajstić information content (AvgIpc) is 3.08. The maximum Gasteiger partial charge on any atom is 0.251 e. The summed E-state index contributed by atoms with van der Waals surface area (Å²) in [5.41, 5.74) is 8.38. The van der Waals surface area contributed by atoms with E-state index in [9.17, 15) is 4.79 Å². The Morgan fingerprint density at radius 3 is 2.82 bits per heavy atom. The number of anilines is 2. The van der Waals surface area contributed by atoms with Crippen molar-refractivity contribution < 1.29 is 9.53 Å². The number of rotatable bonds is 5. The highest BCUT2D eigenvalue weighted by Crippen LogP contribution is 2.34. The van der Waals surface area contributed by atoms with Crippen molar-refractivity contribution in [3.8, 4) is 17.1 Å². The van der Waals surface area contributed by atoms with Crippen LogP contribution in [0.5, 0.6) is 5.75 Å². The number of carbonyl (C=O) groups is 1. The Balaban J connectivity index is 1.91. The third-order valence-corrected chi connectivity index (χ3v) is 5.29. The number of hydrogen-bond donors (Lipinski definition) is 2. The summed E-state index contributed by atoms with van der Waals surface area (Å²) >= 11 is 1.40. The number of primary amides is 1. The van der Waals surface area contributed by atoms with E-state index < -0.39 is 5.91 Å². The van der Waals surface area contributed by atoms with Crippen LogP contribution in [0.3, 0.4) is 0 Å². The molecule has 0 atom stereocenters. The van der Waals surface area contributed by atoms with E-state index in [2.05, 4.69) is 20.3 Å². The summed E-state index contributed by atoms with van der Waals surface area (Å²) in [4.78, 5) is 25.4. The lowest BCUT2D eigenvalue weighted by atomic mass is 10.1. The second kappa shape index (κ2) is 7.24. The van der Waals surface area contributed by atoms with E-state index in [0.29, 0.717) is 28.0 Å². The Kier molecular flexibility index (Phi) is 4.62. The van der Waals surface area contributed by atoms with Crippen LogP contribution >= 0.6 is 11.3 Å². The van der Waals surface area contributed by atoms with Gasteiger partial charge in [-0.2, -0.15) is 0 Å². The molecule has 0 aliphatic rings. The molecule has 8 heteroatoms. The number of carbonyl (C=O) groups excluding carboxylic acids is 1. The Morgan fingerprint density at radius 2 is 2.11 bits per heavy atom. The average molecular weight is 391 g/mol. The Labute approximate surface area is 165 Å². The van der Waals surface area contributed by atoms with Crippen LogP contribution in [0.25, 0.3) is 22.3 Å². The highest BCUT2D eigenvalue weighted by molar-refractivity contribution is 7.14. The summed E-state index contributed by atoms with van der Waals surface area (Å²) in [6.45, 7) is 1.85. The number of ether oxygens (including phenoxy) is 1. The fourth-order valence-electron chi connectivity index (χ4n) is 2.90. The number of thiophene rings is 1. The number of aryl methyl sites for hydroxylation is 1. The lowest BCUT2D eigenvalue weighted by Crippen LogP contribution is -2.13. The number of fused-ring (bicyclic) bond motifs is 1. The number of methoxy groups -OCH3 is 1. The zero-order chi connectivity index (χ0) is 19.7. The number of hydrogen-bond acceptors (Lipinski definition) is 7. The molecule has 0 spiro atoms. The van der Waals surface area contributed by atoms with Crippen molar-refractivity contribution in [2.45, 2.75) is 6.92 Å². The quantitative estimate of drug-likeness (QED) is 0.535. The molecule has 0 saturated heterocycles. The summed E-state index contributed by atoms with van der Waals surface area (Å²) in [7, 11) is 1.60. The van der Waals surface area contributed by atoms with Crippen LogP contribution in [0.2, 0.25) is 0 Å². The topological polar surface area (TPSA) is 103 Å². The van der Waals surface area contributed by atoms with Crippen LogP contribution in [0.1, 0.15) is 15.9 Å². The molecule has 1 aromatic carbocycles. The van der Waals surface area contributed by atoms with Crippen LogP contribution in [0, 0.1) is 6.92 Å². The molecule has 3 aromatic heterocycles. The number of aromatic nitrogens is 3. The summed E-state index contributed by atoms with van der Waals surface area (Å²) in [5, 5.41) is 6.57. The number of amides is 1. The number of benzene rings is 1. The van der Waals surface area contributed by atoms with Crippen molar-refractivity contribution in [2.24, 2.45) is 5.73 Å². The van der Waals surface area contributed by atoms with Crippen LogP contribution in [-0.4, -0.2) is 28.0 Å². The molecule has 28 heavy (non-hydrogen) atoms. The van der Waals surface area contributed by atoms with Crippen LogP contribution < -0.4 is 15.8 Å². The van der Waals surface area contributed by atoms with Crippen LogP contribution in [-0.2, 0) is 0 Å². The molecule has 0 unspecified atom stereocenters. The van der Waals surface area contributed by atoms with Gasteiger partial charge in [-0.15, -0.1) is 11.3 Å². The minimum Gasteiger partial charge on any atom is -0.497 e. The number of nitrogens with one attached hydrogen (secondary N) is 1. The van der Waals surface area contributed by atoms with Gasteiger partial charge in [0, 0.05) is 23.3 Å². The highest BCUT2D eigenvalue weighted by Gasteiger charge is 2.17. The van der Waals surface area contributed by atoms with Gasteiger partial charge in [0.1, 0.15) is 16.6 Å². The molecule has 3 N–H and O–H groups in total. The highest BCUT2D eigenvalue weighted by atomic mass is 32.1. The molecule has 0 saturated carbocycles. The van der Waals surface area contributed by atoms with Gasteiger partial charge in [-0.25, -0.2) is 9.97 Å². The van der Waals surface area contributed by atoms with Gasteiger partial charge >= 0.3 is 0 Å². The van der Waals surface area contributed by atoms with E-state index >= 15 is 0 Å². The fraction of sp³-hybridized carbons (Fsp3) is 0.100. The van der Waals surface area contributed by atoms with Crippen molar-refractivity contribution >= 4 is 39.0 Å². The van der Waals surface area contributed by atoms with E-state index in [1.165, 1.54) is 11.3 Å². The smallest absolute Gasteiger partial charge is 0.251 e. The van der Waals surface area contributed by atoms with Crippen molar-refractivity contribution in [1.29, 1.82) is 0 Å². The van der Waals surface area contributed by atoms with Gasteiger partial charge in [-0.05, 0) is 48.2 Å². The predicted molar refractivity (Wildman–Crippen MR) is 110 cm³/mol. The van der Waals surface area contributed by atoms with Crippen molar-refractivity contribution in [3.63, 3.8) is 0 Å². The van der Waals surface area contributed by atoms with Crippen LogP contribution in [0.4, 0.5) is 10.8 Å². The molecule has 0 bridgehead atoms. The lowest BCUT2D eigenvalue weighted by Gasteiger charge is -2.12. The molecule has 0 aliphatic heterocycles. The van der Waals surface area contributed by atoms with Gasteiger partial charge in [-0.1, -0.05) is 0 Å². The zero-order valence-electron chi connectivity index (χ0n) is 15.3. The van der Waals surface area contributed by atoms with E-state index in [1.54, 1.807) is 19.5 Å². The Morgan fingerprint density at radius 1 is 1.25 bits per heavy atom. The van der Waals surface area contributed by atoms with Crippen molar-refractivity contribution in [2.75, 3.05) is 12.4 Å². The van der Waals surface area contributed by atoms with Crippen molar-refractivity contribution in [3.05, 3.63) is 59.2 Å². The van der Waals surface area contributed by atoms with E-state index in [-0.39, 0.29) is 0 Å². The molecule has 3 heterocycles. The minimum atomic E-state index is -0.482. The second-order valence-corrected chi connectivity index (χ2v) is 7.01. The summed E-state index contributed by atoms with van der Waals surface area (Å²) in [5.74, 6) is 1.30. The summed E-state index contributed by atoms with van der Waals surface area (Å²) in [6, 6.07) is 9.30. The lowest BCUT2D eigenvalue weighted by molar-refractivity contribution is 0.100. The van der Waals surface area contributed by atoms with Gasteiger partial charge in [0.2, 0.25) is 0 Å². The van der Waals surface area contributed by atoms with E-state index in [0.717, 1.165) is 22.0 Å². The fourth-order valence-corrected chi connectivity index (χ4v) is 3.85. The number of nitrogens with two attached hydrogens (primary N) is 1. The van der Waals surface area contributed by atoms with E-state index in [1.807, 2.05) is 42.6 Å². The summed E-state index contributed by atoms with van der Waals surface area (Å²) < 4.78 is 5.34. The normalized spacial score (nSPS) is 10.8. The first kappa shape index (κ1) is 17.9. The monoisotopic (exact) mass is 391 g/mol. The van der Waals surface area contributed by atoms with Gasteiger partial charge in [0.05, 0.1) is 18.2 Å². The molecular weight excluding hydrogens is 374 g/mol. The predicted octanol–water partition coefficient (Wildman–Crippen LogP) is 3.91. The first-order valence-corrected chi connectivity index (χ1v) is 9.36. The van der Waals surface area contributed by atoms with Gasteiger partial charge in [0.15, 0.2) is 5.82 Å². The number of nitrogens with zero attached hydrogens (tertiary/aromatic N) is 3. The van der Waals surface area contributed by atoms with Crippen LogP contribution in [0.15, 0.2) is 48.1 Å². The molecule has 0 fully saturated rings. The van der Waals surface area contributed by atoms with Gasteiger partial charge in [0.25, 0.3) is 5.91 Å². The molecular formula is C20H17N5O2S. The molecule has 4 rings (SSSR count). The Hall–Kier alpha value is -3.52. The Bertz CT molecular complexity index is 1170. The maximum absolute atomic E-state index is 11.9. The third kappa shape index (κ3) is 3.25.